The SMILES string of the molecule is c1ccc(-c2cccc(-c3ccccc3Nc3ccc4c(c3)C3(c5ccccc5O4)c4ccccc4-c4ccccc43)c2)cc1.c1ccc2c(c1)Oc1ccc(Nc3ccc(-c4ccccc4-c4cccc5ccccc45)cc3)cc1C21c2ccccc2-c2ccccc21.c1ccc2c(c1)Oc1ccc(Nc3cccc4ccccc34)cc1C21c2ccccc2-c2ccccc21. The van der Waals surface area contributed by atoms with E-state index in [1.54, 1.807) is 0 Å². The van der Waals surface area contributed by atoms with Gasteiger partial charge in [0.15, 0.2) is 0 Å². The van der Waals surface area contributed by atoms with Crippen LogP contribution in [0, 0.1) is 0 Å². The highest BCUT2D eigenvalue weighted by molar-refractivity contribution is 6.02. The van der Waals surface area contributed by atoms with Gasteiger partial charge >= 0.3 is 0 Å². The first kappa shape index (κ1) is 76.4. The summed E-state index contributed by atoms with van der Waals surface area (Å²) >= 11 is 0. The number of hydrogen-bond donors (Lipinski definition) is 3. The summed E-state index contributed by atoms with van der Waals surface area (Å²) in [6.07, 6.45) is 0. The number of ether oxygens (including phenoxy) is 3. The van der Waals surface area contributed by atoms with Crippen molar-refractivity contribution < 1.29 is 14.2 Å². The molecule has 0 unspecified atom stereocenters. The van der Waals surface area contributed by atoms with Crippen LogP contribution in [0.3, 0.4) is 0 Å². The Morgan fingerprint density at radius 3 is 0.916 bits per heavy atom. The van der Waals surface area contributed by atoms with Gasteiger partial charge in [-0.1, -0.05) is 382 Å². The number of nitrogens with one attached hydrogen (secondary N) is 3. The van der Waals surface area contributed by atoms with Gasteiger partial charge in [0, 0.05) is 78.5 Å². The second-order valence-electron chi connectivity index (χ2n) is 34.5. The van der Waals surface area contributed by atoms with Crippen molar-refractivity contribution in [1.82, 2.24) is 0 Å². The molecule has 27 rings (SSSR count). The summed E-state index contributed by atoms with van der Waals surface area (Å²) < 4.78 is 19.8. The van der Waals surface area contributed by atoms with Crippen LogP contribution >= 0.6 is 0 Å². The molecule has 3 aliphatic heterocycles. The van der Waals surface area contributed by atoms with Gasteiger partial charge in [-0.15, -0.1) is 0 Å². The molecular formula is C125H83N3O3. The summed E-state index contributed by atoms with van der Waals surface area (Å²) in [6.45, 7) is 0. The summed E-state index contributed by atoms with van der Waals surface area (Å²) in [5.74, 6) is 5.39. The maximum absolute atomic E-state index is 6.62. The Labute approximate surface area is 761 Å². The van der Waals surface area contributed by atoms with Crippen LogP contribution < -0.4 is 30.2 Å². The van der Waals surface area contributed by atoms with Crippen LogP contribution in [0.5, 0.6) is 34.5 Å². The van der Waals surface area contributed by atoms with Crippen molar-refractivity contribution in [1.29, 1.82) is 0 Å². The minimum Gasteiger partial charge on any atom is -0.457 e. The minimum absolute atomic E-state index is 0.451. The highest BCUT2D eigenvalue weighted by Crippen LogP contribution is 2.66. The van der Waals surface area contributed by atoms with Gasteiger partial charge in [0.05, 0.1) is 16.2 Å². The van der Waals surface area contributed by atoms with Crippen LogP contribution in [0.2, 0.25) is 0 Å². The summed E-state index contributed by atoms with van der Waals surface area (Å²) in [6, 6.07) is 174. The number of benzene rings is 21. The third-order valence-electron chi connectivity index (χ3n) is 27.6. The fraction of sp³-hybridized carbons (Fsp3) is 0.0240. The molecule has 3 spiro atoms. The number of fused-ring (bicyclic) bond motifs is 29. The number of rotatable bonds is 10. The lowest BCUT2D eigenvalue weighted by Gasteiger charge is -2.39. The Hall–Kier alpha value is -17.1. The largest absolute Gasteiger partial charge is 0.457 e. The van der Waals surface area contributed by atoms with Crippen LogP contribution in [0.25, 0.3) is 99.4 Å². The standard InChI is InChI=1S/C47H31NO.C43H29NO.C35H23NO/c1-2-14-35-31(12-1)13-11-19-38(35)37-16-4-3-15-36(37)32-24-26-33(27-25-32)48-34-28-29-46-44(30-34)47(43-22-9-10-23-45(43)49-46)41-20-7-5-17-39(41)40-18-6-8-21-42(40)47;1-2-13-29(14-3-1)30-15-12-16-31(27-30)33-17-6-10-23-40(33)44-32-25-26-42-39(28-32)43(38-22-9-11-24-41(38)45-42)36-20-7-4-18-34(36)35-19-5-8-21-37(35)43;1-2-12-25-23(10-1)11-9-18-32(25)36-24-20-21-34-31(22-24)35(30-17-7-8-19-33(30)37-34)28-15-5-3-13-26(28)27-14-4-6-16-29(27)35/h1-30,48H;1-28,44H;1-22,36H. The Morgan fingerprint density at radius 2 is 0.443 bits per heavy atom. The molecular weight excluding hydrogens is 1590 g/mol. The third-order valence-corrected chi connectivity index (χ3v) is 27.6. The molecule has 0 amide bonds. The molecule has 616 valence electrons. The van der Waals surface area contributed by atoms with Gasteiger partial charge < -0.3 is 30.2 Å². The van der Waals surface area contributed by atoms with Crippen molar-refractivity contribution in [3.8, 4) is 112 Å². The predicted octanol–water partition coefficient (Wildman–Crippen LogP) is 32.7. The topological polar surface area (TPSA) is 63.8 Å². The van der Waals surface area contributed by atoms with Crippen LogP contribution in [0.15, 0.2) is 485 Å². The van der Waals surface area contributed by atoms with Crippen LogP contribution in [-0.2, 0) is 16.2 Å². The molecule has 0 fully saturated rings. The molecule has 3 N–H and O–H groups in total. The van der Waals surface area contributed by atoms with E-state index in [0.29, 0.717) is 0 Å². The monoisotopic (exact) mass is 1670 g/mol. The highest BCUT2D eigenvalue weighted by Gasteiger charge is 2.54. The molecule has 6 nitrogen and oxygen atoms in total. The first-order chi connectivity index (χ1) is 64.9. The van der Waals surface area contributed by atoms with E-state index in [0.717, 1.165) is 90.9 Å². The van der Waals surface area contributed by atoms with E-state index in [1.807, 2.05) is 0 Å². The van der Waals surface area contributed by atoms with Gasteiger partial charge in [0.1, 0.15) is 34.5 Å². The average Bonchev–Trinajstić information content (AvgIpc) is 1.53. The molecule has 21 aromatic carbocycles. The second-order valence-corrected chi connectivity index (χ2v) is 34.5. The molecule has 0 bridgehead atoms. The zero-order chi connectivity index (χ0) is 86.6. The summed E-state index contributed by atoms with van der Waals surface area (Å²) in [7, 11) is 0. The highest BCUT2D eigenvalue weighted by atomic mass is 16.5. The Bertz CT molecular complexity index is 8000. The van der Waals surface area contributed by atoms with E-state index < -0.39 is 16.2 Å². The molecule has 0 atom stereocenters. The molecule has 21 aromatic rings. The lowest BCUT2D eigenvalue weighted by Crippen LogP contribution is -2.32. The lowest BCUT2D eigenvalue weighted by atomic mass is 9.66. The van der Waals surface area contributed by atoms with Gasteiger partial charge in [-0.05, 0) is 225 Å². The van der Waals surface area contributed by atoms with E-state index in [9.17, 15) is 0 Å². The number of anilines is 6. The molecule has 3 heterocycles. The molecule has 0 saturated carbocycles. The number of para-hydroxylation sites is 4. The van der Waals surface area contributed by atoms with E-state index in [-0.39, 0.29) is 0 Å². The van der Waals surface area contributed by atoms with E-state index in [2.05, 4.69) is 501 Å². The fourth-order valence-corrected chi connectivity index (χ4v) is 22.1. The summed E-state index contributed by atoms with van der Waals surface area (Å²) in [5, 5.41) is 16.2. The maximum Gasteiger partial charge on any atom is 0.132 e. The zero-order valence-electron chi connectivity index (χ0n) is 71.4. The van der Waals surface area contributed by atoms with Crippen LogP contribution in [-0.4, -0.2) is 0 Å². The number of hydrogen-bond acceptors (Lipinski definition) is 6. The first-order valence-electron chi connectivity index (χ1n) is 45.0. The van der Waals surface area contributed by atoms with Crippen molar-refractivity contribution in [2.75, 3.05) is 16.0 Å². The van der Waals surface area contributed by atoms with Gasteiger partial charge in [-0.3, -0.25) is 0 Å². The van der Waals surface area contributed by atoms with Crippen molar-refractivity contribution in [3.63, 3.8) is 0 Å². The second kappa shape index (κ2) is 31.2. The van der Waals surface area contributed by atoms with Crippen molar-refractivity contribution in [2.24, 2.45) is 0 Å². The van der Waals surface area contributed by atoms with Gasteiger partial charge in [0.2, 0.25) is 0 Å². The third kappa shape index (κ3) is 12.2. The first-order valence-corrected chi connectivity index (χ1v) is 45.0. The van der Waals surface area contributed by atoms with Crippen molar-refractivity contribution in [3.05, 3.63) is 552 Å². The minimum atomic E-state index is -0.488. The van der Waals surface area contributed by atoms with Crippen molar-refractivity contribution >= 4 is 55.7 Å². The molecule has 0 aromatic heterocycles. The van der Waals surface area contributed by atoms with Crippen LogP contribution in [0.4, 0.5) is 34.1 Å². The normalized spacial score (nSPS) is 13.4. The fourth-order valence-electron chi connectivity index (χ4n) is 22.1. The van der Waals surface area contributed by atoms with Crippen molar-refractivity contribution in [2.45, 2.75) is 16.2 Å². The summed E-state index contributed by atoms with van der Waals surface area (Å²) in [4.78, 5) is 0. The lowest BCUT2D eigenvalue weighted by molar-refractivity contribution is 0.436. The zero-order valence-corrected chi connectivity index (χ0v) is 71.4. The Morgan fingerprint density at radius 1 is 0.145 bits per heavy atom. The maximum atomic E-state index is 6.62. The molecule has 131 heavy (non-hydrogen) atoms. The van der Waals surface area contributed by atoms with Crippen LogP contribution in [0.1, 0.15) is 66.8 Å². The molecule has 0 radical (unpaired) electrons. The average molecular weight is 1680 g/mol. The predicted molar refractivity (Wildman–Crippen MR) is 537 cm³/mol. The molecule has 6 heteroatoms. The van der Waals surface area contributed by atoms with E-state index in [4.69, 9.17) is 14.2 Å². The Kier molecular flexibility index (Phi) is 18.2. The Balaban J connectivity index is 0.000000107. The molecule has 0 saturated heterocycles. The van der Waals surface area contributed by atoms with E-state index in [1.165, 1.54) is 144 Å². The summed E-state index contributed by atoms with van der Waals surface area (Å²) in [5.41, 5.74) is 36.9. The molecule has 6 aliphatic rings. The quantitative estimate of drug-likeness (QED) is 0.127. The molecule has 3 aliphatic carbocycles. The van der Waals surface area contributed by atoms with E-state index >= 15 is 0 Å². The van der Waals surface area contributed by atoms with Gasteiger partial charge in [0.25, 0.3) is 0 Å². The smallest absolute Gasteiger partial charge is 0.132 e. The van der Waals surface area contributed by atoms with Gasteiger partial charge in [-0.25, -0.2) is 0 Å². The van der Waals surface area contributed by atoms with Gasteiger partial charge in [-0.2, -0.15) is 0 Å².